The van der Waals surface area contributed by atoms with Gasteiger partial charge in [-0.3, -0.25) is 9.78 Å². The second-order valence-corrected chi connectivity index (χ2v) is 6.03. The first kappa shape index (κ1) is 16.7. The molecule has 0 spiro atoms. The molecule has 1 aromatic heterocycles. The Morgan fingerprint density at radius 1 is 1.04 bits per heavy atom. The van der Waals surface area contributed by atoms with Crippen LogP contribution in [0.3, 0.4) is 0 Å². The topological polar surface area (TPSA) is 77.8 Å². The van der Waals surface area contributed by atoms with E-state index in [0.717, 1.165) is 10.2 Å². The van der Waals surface area contributed by atoms with E-state index in [1.54, 1.807) is 36.5 Å². The van der Waals surface area contributed by atoms with Crippen molar-refractivity contribution in [3.05, 3.63) is 82.6 Å². The van der Waals surface area contributed by atoms with E-state index < -0.39 is 0 Å². The molecule has 0 atom stereocenters. The number of rotatable bonds is 4. The van der Waals surface area contributed by atoms with Gasteiger partial charge in [-0.15, -0.1) is 0 Å². The maximum absolute atomic E-state index is 12.5. The van der Waals surface area contributed by atoms with Crippen molar-refractivity contribution in [2.45, 2.75) is 0 Å². The predicted molar refractivity (Wildman–Crippen MR) is 101 cm³/mol. The first-order chi connectivity index (χ1) is 12.2. The average Bonchev–Trinajstić information content (AvgIpc) is 2.64. The fourth-order valence-corrected chi connectivity index (χ4v) is 2.62. The minimum Gasteiger partial charge on any atom is -0.353 e. The van der Waals surface area contributed by atoms with Crippen LogP contribution in [0.5, 0.6) is 0 Å². The normalized spacial score (nSPS) is 9.92. The summed E-state index contributed by atoms with van der Waals surface area (Å²) < 4.78 is 0.910. The molecule has 0 saturated heterocycles. The summed E-state index contributed by atoms with van der Waals surface area (Å²) in [5.41, 5.74) is 2.83. The predicted octanol–water partition coefficient (Wildman–Crippen LogP) is 4.71. The van der Waals surface area contributed by atoms with Crippen LogP contribution in [0.25, 0.3) is 0 Å². The van der Waals surface area contributed by atoms with Crippen molar-refractivity contribution >= 4 is 38.9 Å². The number of carbonyl (C=O) groups excluding carboxylic acids is 1. The van der Waals surface area contributed by atoms with Gasteiger partial charge in [-0.25, -0.2) is 0 Å². The summed E-state index contributed by atoms with van der Waals surface area (Å²) in [5, 5.41) is 15.1. The molecule has 0 bridgehead atoms. The maximum atomic E-state index is 12.5. The lowest BCUT2D eigenvalue weighted by Gasteiger charge is -2.10. The Morgan fingerprint density at radius 3 is 2.52 bits per heavy atom. The van der Waals surface area contributed by atoms with E-state index in [1.807, 2.05) is 24.3 Å². The number of anilines is 3. The highest BCUT2D eigenvalue weighted by Gasteiger charge is 2.10. The van der Waals surface area contributed by atoms with E-state index >= 15 is 0 Å². The molecule has 0 aliphatic heterocycles. The molecule has 0 aliphatic carbocycles. The Morgan fingerprint density at radius 2 is 1.76 bits per heavy atom. The van der Waals surface area contributed by atoms with Crippen molar-refractivity contribution < 1.29 is 4.79 Å². The number of carbonyl (C=O) groups is 1. The number of nitrogens with zero attached hydrogens (tertiary/aromatic N) is 2. The van der Waals surface area contributed by atoms with Crippen LogP contribution in [-0.2, 0) is 0 Å². The zero-order chi connectivity index (χ0) is 17.6. The number of benzene rings is 2. The molecule has 0 unspecified atom stereocenters. The zero-order valence-corrected chi connectivity index (χ0v) is 14.6. The van der Waals surface area contributed by atoms with Gasteiger partial charge in [0.2, 0.25) is 0 Å². The Hall–Kier alpha value is -3.17. The summed E-state index contributed by atoms with van der Waals surface area (Å²) in [7, 11) is 0. The number of nitriles is 1. The third-order valence-electron chi connectivity index (χ3n) is 3.45. The molecule has 2 aromatic carbocycles. The quantitative estimate of drug-likeness (QED) is 0.673. The van der Waals surface area contributed by atoms with Crippen LogP contribution in [0.2, 0.25) is 0 Å². The lowest BCUT2D eigenvalue weighted by atomic mass is 10.2. The van der Waals surface area contributed by atoms with Gasteiger partial charge < -0.3 is 10.6 Å². The number of hydrogen-bond acceptors (Lipinski definition) is 4. The Labute approximate surface area is 153 Å². The van der Waals surface area contributed by atoms with Gasteiger partial charge in [0.25, 0.3) is 5.91 Å². The third-order valence-corrected chi connectivity index (χ3v) is 4.14. The number of pyridine rings is 1. The molecule has 0 fully saturated rings. The van der Waals surface area contributed by atoms with Crippen LogP contribution in [0.4, 0.5) is 17.1 Å². The summed E-state index contributed by atoms with van der Waals surface area (Å²) in [6, 6.07) is 18.3. The van der Waals surface area contributed by atoms with Crippen LogP contribution >= 0.6 is 15.9 Å². The van der Waals surface area contributed by atoms with E-state index in [4.69, 9.17) is 5.26 Å². The minimum absolute atomic E-state index is 0.328. The fourth-order valence-electron chi connectivity index (χ4n) is 2.23. The first-order valence-electron chi connectivity index (χ1n) is 7.44. The average molecular weight is 393 g/mol. The van der Waals surface area contributed by atoms with Gasteiger partial charge in [0.1, 0.15) is 6.07 Å². The van der Waals surface area contributed by atoms with Crippen LogP contribution in [0.15, 0.2) is 71.5 Å². The number of hydrogen-bond donors (Lipinski definition) is 2. The standard InChI is InChI=1S/C19H13BrN4O/c20-16-6-2-4-8-18(16)23-15-9-14(11-22-12-15)19(25)24-17-7-3-1-5-13(17)10-21/h1-9,11-12,23H,(H,24,25). The number of amides is 1. The number of para-hydroxylation sites is 2. The van der Waals surface area contributed by atoms with Crippen molar-refractivity contribution in [2.24, 2.45) is 0 Å². The highest BCUT2D eigenvalue weighted by Crippen LogP contribution is 2.25. The van der Waals surface area contributed by atoms with Gasteiger partial charge in [-0.05, 0) is 46.3 Å². The summed E-state index contributed by atoms with van der Waals surface area (Å²) in [5.74, 6) is -0.328. The molecular formula is C19H13BrN4O. The van der Waals surface area contributed by atoms with Crippen molar-refractivity contribution in [2.75, 3.05) is 10.6 Å². The molecule has 5 nitrogen and oxygen atoms in total. The molecule has 2 N–H and O–H groups in total. The largest absolute Gasteiger partial charge is 0.353 e. The molecule has 0 aliphatic rings. The monoisotopic (exact) mass is 392 g/mol. The molecule has 122 valence electrons. The second-order valence-electron chi connectivity index (χ2n) is 5.18. The number of aromatic nitrogens is 1. The van der Waals surface area contributed by atoms with Crippen molar-refractivity contribution in [1.29, 1.82) is 5.26 Å². The summed E-state index contributed by atoms with van der Waals surface area (Å²) in [6.45, 7) is 0. The summed E-state index contributed by atoms with van der Waals surface area (Å²) in [4.78, 5) is 16.6. The van der Waals surface area contributed by atoms with E-state index in [0.29, 0.717) is 22.5 Å². The molecule has 1 heterocycles. The molecule has 3 rings (SSSR count). The van der Waals surface area contributed by atoms with E-state index in [2.05, 4.69) is 37.6 Å². The van der Waals surface area contributed by atoms with Gasteiger partial charge in [-0.1, -0.05) is 24.3 Å². The minimum atomic E-state index is -0.328. The Bertz CT molecular complexity index is 965. The van der Waals surface area contributed by atoms with Gasteiger partial charge >= 0.3 is 0 Å². The Balaban J connectivity index is 1.80. The summed E-state index contributed by atoms with van der Waals surface area (Å²) >= 11 is 3.47. The maximum Gasteiger partial charge on any atom is 0.257 e. The number of halogens is 1. The van der Waals surface area contributed by atoms with Gasteiger partial charge in [0, 0.05) is 10.7 Å². The molecular weight excluding hydrogens is 380 g/mol. The molecule has 6 heteroatoms. The number of nitrogens with one attached hydrogen (secondary N) is 2. The Kier molecular flexibility index (Phi) is 5.07. The van der Waals surface area contributed by atoms with E-state index in [1.165, 1.54) is 6.20 Å². The summed E-state index contributed by atoms with van der Waals surface area (Å²) in [6.07, 6.45) is 3.12. The van der Waals surface area contributed by atoms with E-state index in [9.17, 15) is 4.79 Å². The van der Waals surface area contributed by atoms with E-state index in [-0.39, 0.29) is 5.91 Å². The molecule has 25 heavy (non-hydrogen) atoms. The fraction of sp³-hybridized carbons (Fsp3) is 0. The zero-order valence-electron chi connectivity index (χ0n) is 13.0. The molecule has 3 aromatic rings. The first-order valence-corrected chi connectivity index (χ1v) is 8.24. The van der Waals surface area contributed by atoms with Crippen LogP contribution in [0.1, 0.15) is 15.9 Å². The highest BCUT2D eigenvalue weighted by atomic mass is 79.9. The second kappa shape index (κ2) is 7.60. The highest BCUT2D eigenvalue weighted by molar-refractivity contribution is 9.10. The van der Waals surface area contributed by atoms with Crippen LogP contribution in [-0.4, -0.2) is 10.9 Å². The third kappa shape index (κ3) is 4.03. The van der Waals surface area contributed by atoms with Gasteiger partial charge in [0.15, 0.2) is 0 Å². The van der Waals surface area contributed by atoms with Crippen LogP contribution in [0, 0.1) is 11.3 Å². The van der Waals surface area contributed by atoms with Crippen molar-refractivity contribution in [3.8, 4) is 6.07 Å². The lowest BCUT2D eigenvalue weighted by molar-refractivity contribution is 0.102. The van der Waals surface area contributed by atoms with Crippen LogP contribution < -0.4 is 10.6 Å². The van der Waals surface area contributed by atoms with Gasteiger partial charge in [-0.2, -0.15) is 5.26 Å². The molecule has 0 radical (unpaired) electrons. The molecule has 1 amide bonds. The van der Waals surface area contributed by atoms with Crippen molar-refractivity contribution in [1.82, 2.24) is 4.98 Å². The van der Waals surface area contributed by atoms with Crippen molar-refractivity contribution in [3.63, 3.8) is 0 Å². The lowest BCUT2D eigenvalue weighted by Crippen LogP contribution is -2.13. The SMILES string of the molecule is N#Cc1ccccc1NC(=O)c1cncc(Nc2ccccc2Br)c1. The van der Waals surface area contributed by atoms with Gasteiger partial charge in [0.05, 0.1) is 34.4 Å². The smallest absolute Gasteiger partial charge is 0.257 e. The molecule has 0 saturated carbocycles.